The van der Waals surface area contributed by atoms with Gasteiger partial charge in [0.25, 0.3) is 5.91 Å². The fourth-order valence-corrected chi connectivity index (χ4v) is 6.14. The lowest BCUT2D eigenvalue weighted by Crippen LogP contribution is -2.49. The van der Waals surface area contributed by atoms with Gasteiger partial charge in [-0.2, -0.15) is 0 Å². The number of benzene rings is 3. The van der Waals surface area contributed by atoms with Gasteiger partial charge >= 0.3 is 0 Å². The summed E-state index contributed by atoms with van der Waals surface area (Å²) in [6.45, 7) is 7.37. The molecule has 4 rings (SSSR count). The average molecular weight is 602 g/mol. The number of nitrogens with zero attached hydrogens (tertiary/aromatic N) is 3. The summed E-state index contributed by atoms with van der Waals surface area (Å²) in [5.74, 6) is 4.76. The number of carbonyl (C=O) groups is 2. The van der Waals surface area contributed by atoms with Crippen LogP contribution in [0.2, 0.25) is 0 Å². The highest BCUT2D eigenvalue weighted by atomic mass is 32.2. The molecule has 0 saturated heterocycles. The number of hydrogen-bond donors (Lipinski definition) is 5. The first-order chi connectivity index (χ1) is 20.6. The van der Waals surface area contributed by atoms with E-state index in [4.69, 9.17) is 16.4 Å². The topological polar surface area (TPSA) is 156 Å². The lowest BCUT2D eigenvalue weighted by atomic mass is 9.98. The molecular weight excluding hydrogens is 562 g/mol. The summed E-state index contributed by atoms with van der Waals surface area (Å²) in [6, 6.07) is 21.4. The van der Waals surface area contributed by atoms with E-state index < -0.39 is 10.9 Å². The van der Waals surface area contributed by atoms with Crippen LogP contribution < -0.4 is 16.5 Å². The van der Waals surface area contributed by atoms with Crippen LogP contribution in [0.15, 0.2) is 82.0 Å². The van der Waals surface area contributed by atoms with Crippen LogP contribution in [0.5, 0.6) is 0 Å². The van der Waals surface area contributed by atoms with Crippen LogP contribution in [0.3, 0.4) is 0 Å². The number of aryl methyl sites for hydroxylation is 1. The molecule has 1 atom stereocenters. The van der Waals surface area contributed by atoms with E-state index in [-0.39, 0.29) is 30.7 Å². The summed E-state index contributed by atoms with van der Waals surface area (Å²) in [5.41, 5.74) is 4.93. The molecule has 6 N–H and O–H groups in total. The Morgan fingerprint density at radius 1 is 1.16 bits per heavy atom. The second-order valence-electron chi connectivity index (χ2n) is 11.2. The largest absolute Gasteiger partial charge is 0.396 e. The molecule has 0 aromatic heterocycles. The lowest BCUT2D eigenvalue weighted by molar-refractivity contribution is -0.135. The Kier molecular flexibility index (Phi) is 10.7. The SMILES string of the molecule is Cc1ccc2c(c1)CN(Cc1ccc(-c3ccccc3C(=N)N=NN)cc1)C(=O)[C@H](NC(=O)CC(C)(C)NCCCO)S2. The van der Waals surface area contributed by atoms with Crippen LogP contribution >= 0.6 is 11.8 Å². The number of aliphatic hydroxyl groups is 1. The fourth-order valence-electron chi connectivity index (χ4n) is 5.03. The van der Waals surface area contributed by atoms with Gasteiger partial charge in [0, 0.05) is 42.1 Å². The zero-order valence-electron chi connectivity index (χ0n) is 24.8. The quantitative estimate of drug-likeness (QED) is 0.0543. The van der Waals surface area contributed by atoms with E-state index >= 15 is 0 Å². The van der Waals surface area contributed by atoms with Gasteiger partial charge in [-0.25, -0.2) is 0 Å². The number of rotatable bonds is 11. The van der Waals surface area contributed by atoms with Crippen LogP contribution in [-0.4, -0.2) is 51.7 Å². The Hall–Kier alpha value is -4.06. The highest BCUT2D eigenvalue weighted by molar-refractivity contribution is 8.00. The Labute approximate surface area is 256 Å². The van der Waals surface area contributed by atoms with Crippen LogP contribution in [-0.2, 0) is 22.7 Å². The summed E-state index contributed by atoms with van der Waals surface area (Å²) in [7, 11) is 0. The summed E-state index contributed by atoms with van der Waals surface area (Å²) < 4.78 is 0. The third-order valence-electron chi connectivity index (χ3n) is 7.17. The molecule has 1 heterocycles. The van der Waals surface area contributed by atoms with Crippen LogP contribution in [0.25, 0.3) is 11.1 Å². The predicted molar refractivity (Wildman–Crippen MR) is 169 cm³/mol. The molecule has 1 aliphatic heterocycles. The molecule has 1 aliphatic rings. The Morgan fingerprint density at radius 2 is 1.91 bits per heavy atom. The molecule has 226 valence electrons. The highest BCUT2D eigenvalue weighted by Crippen LogP contribution is 2.33. The van der Waals surface area contributed by atoms with Crippen molar-refractivity contribution in [2.45, 2.75) is 62.5 Å². The first kappa shape index (κ1) is 31.9. The number of fused-ring (bicyclic) bond motifs is 1. The van der Waals surface area contributed by atoms with E-state index in [2.05, 4.69) is 27.0 Å². The molecule has 0 unspecified atom stereocenters. The zero-order valence-corrected chi connectivity index (χ0v) is 25.6. The highest BCUT2D eigenvalue weighted by Gasteiger charge is 2.33. The Balaban J connectivity index is 1.54. The molecule has 0 aliphatic carbocycles. The minimum absolute atomic E-state index is 0.0267. The molecule has 3 aromatic carbocycles. The van der Waals surface area contributed by atoms with E-state index in [9.17, 15) is 9.59 Å². The molecule has 10 nitrogen and oxygen atoms in total. The van der Waals surface area contributed by atoms with Gasteiger partial charge in [0.05, 0.1) is 0 Å². The van der Waals surface area contributed by atoms with Crippen LogP contribution in [0, 0.1) is 12.3 Å². The van der Waals surface area contributed by atoms with E-state index in [0.717, 1.165) is 32.7 Å². The molecule has 11 heteroatoms. The minimum atomic E-state index is -0.765. The standard InChI is InChI=1S/C32H39N7O3S/c1-21-9-14-27-24(17-21)20-39(31(42)30(43-27)36-28(41)18-32(2,3)35-15-6-16-40)19-22-10-12-23(13-11-22)25-7-4-5-8-26(25)29(33)37-38-34/h4-5,7-14,17,30,35,40H,6,15-16,18-20H2,1-3H3,(H,36,41)(H3,33,34,37)/t30-/m1/s1. The molecule has 3 aromatic rings. The normalized spacial score (nSPS) is 15.3. The summed E-state index contributed by atoms with van der Waals surface area (Å²) >= 11 is 1.37. The van der Waals surface area contributed by atoms with Gasteiger partial charge in [-0.05, 0) is 62.1 Å². The van der Waals surface area contributed by atoms with E-state index in [1.54, 1.807) is 11.0 Å². The molecule has 0 saturated carbocycles. The van der Waals surface area contributed by atoms with Gasteiger partial charge in [-0.3, -0.25) is 15.0 Å². The maximum Gasteiger partial charge on any atom is 0.256 e. The number of aliphatic hydroxyl groups excluding tert-OH is 1. The maximum atomic E-state index is 13.9. The van der Waals surface area contributed by atoms with Gasteiger partial charge in [-0.15, -0.1) is 5.11 Å². The molecule has 0 radical (unpaired) electrons. The van der Waals surface area contributed by atoms with Crippen molar-refractivity contribution in [3.63, 3.8) is 0 Å². The van der Waals surface area contributed by atoms with Gasteiger partial charge in [0.15, 0.2) is 11.2 Å². The molecule has 0 bridgehead atoms. The number of hydrogen-bond acceptors (Lipinski definition) is 7. The van der Waals surface area contributed by atoms with Crippen molar-refractivity contribution in [1.29, 1.82) is 5.41 Å². The van der Waals surface area contributed by atoms with Crippen molar-refractivity contribution in [3.8, 4) is 11.1 Å². The maximum absolute atomic E-state index is 13.9. The van der Waals surface area contributed by atoms with Gasteiger partial charge in [0.2, 0.25) is 5.91 Å². The van der Waals surface area contributed by atoms with Gasteiger partial charge in [-0.1, -0.05) is 83.2 Å². The second kappa shape index (κ2) is 14.4. The van der Waals surface area contributed by atoms with E-state index in [1.807, 2.05) is 75.4 Å². The van der Waals surface area contributed by atoms with Crippen LogP contribution in [0.4, 0.5) is 0 Å². The minimum Gasteiger partial charge on any atom is -0.396 e. The first-order valence-electron chi connectivity index (χ1n) is 14.2. The number of amidine groups is 1. The number of thioether (sulfide) groups is 1. The van der Waals surface area contributed by atoms with Crippen molar-refractivity contribution in [1.82, 2.24) is 15.5 Å². The monoisotopic (exact) mass is 601 g/mol. The van der Waals surface area contributed by atoms with Gasteiger partial charge in [0.1, 0.15) is 0 Å². The number of nitrogens with two attached hydrogens (primary N) is 1. The third kappa shape index (κ3) is 8.50. The summed E-state index contributed by atoms with van der Waals surface area (Å²) in [6.07, 6.45) is 0.793. The summed E-state index contributed by atoms with van der Waals surface area (Å²) in [4.78, 5) is 29.8. The van der Waals surface area contributed by atoms with Crippen molar-refractivity contribution < 1.29 is 14.7 Å². The Bertz CT molecular complexity index is 1490. The van der Waals surface area contributed by atoms with E-state index in [1.165, 1.54) is 11.8 Å². The molecule has 43 heavy (non-hydrogen) atoms. The molecule has 2 amide bonds. The number of amides is 2. The smallest absolute Gasteiger partial charge is 0.256 e. The zero-order chi connectivity index (χ0) is 31.0. The van der Waals surface area contributed by atoms with Gasteiger partial charge < -0.3 is 26.5 Å². The predicted octanol–water partition coefficient (Wildman–Crippen LogP) is 4.53. The molecule has 0 fully saturated rings. The molecule has 0 spiro atoms. The summed E-state index contributed by atoms with van der Waals surface area (Å²) in [5, 5.41) is 29.7. The van der Waals surface area contributed by atoms with Crippen molar-refractivity contribution in [2.75, 3.05) is 13.2 Å². The second-order valence-corrected chi connectivity index (χ2v) is 12.4. The average Bonchev–Trinajstić information content (AvgIpc) is 3.09. The molecular formula is C32H39N7O3S. The lowest BCUT2D eigenvalue weighted by Gasteiger charge is -2.28. The third-order valence-corrected chi connectivity index (χ3v) is 8.38. The number of nitrogens with one attached hydrogen (secondary N) is 3. The number of carbonyl (C=O) groups excluding carboxylic acids is 2. The van der Waals surface area contributed by atoms with Crippen molar-refractivity contribution in [2.24, 2.45) is 16.2 Å². The fraction of sp³-hybridized carbons (Fsp3) is 0.344. The first-order valence-corrected chi connectivity index (χ1v) is 15.1. The van der Waals surface area contributed by atoms with Crippen molar-refractivity contribution in [3.05, 3.63) is 89.0 Å². The van der Waals surface area contributed by atoms with Crippen LogP contribution in [0.1, 0.15) is 48.9 Å². The Morgan fingerprint density at radius 3 is 2.63 bits per heavy atom. The van der Waals surface area contributed by atoms with Crippen molar-refractivity contribution >= 4 is 29.4 Å². The van der Waals surface area contributed by atoms with E-state index in [0.29, 0.717) is 31.6 Å².